The molecule has 0 rings (SSSR count). The number of carboxylic acid groups (broad SMARTS) is 2. The van der Waals surface area contributed by atoms with Crippen LogP contribution in [0, 0.1) is 0 Å². The summed E-state index contributed by atoms with van der Waals surface area (Å²) in [6.45, 7) is 2.53. The summed E-state index contributed by atoms with van der Waals surface area (Å²) in [5, 5.41) is 25.8. The van der Waals surface area contributed by atoms with Gasteiger partial charge in [0.05, 0.1) is 25.6 Å². The predicted molar refractivity (Wildman–Crippen MR) is 209 cm³/mol. The van der Waals surface area contributed by atoms with E-state index in [2.05, 4.69) is 20.7 Å². The van der Waals surface area contributed by atoms with Crippen LogP contribution >= 0.6 is 0 Å². The van der Waals surface area contributed by atoms with Crippen LogP contribution in [0.3, 0.4) is 0 Å². The van der Waals surface area contributed by atoms with Crippen molar-refractivity contribution in [3.8, 4) is 0 Å². The molecule has 6 N–H and O–H groups in total. The molecule has 0 aliphatic carbocycles. The van der Waals surface area contributed by atoms with E-state index >= 15 is 0 Å². The third-order valence-corrected chi connectivity index (χ3v) is 10.1. The van der Waals surface area contributed by atoms with Gasteiger partial charge in [0.15, 0.2) is 0 Å². The Kier molecular flexibility index (Phi) is 33.0. The Labute approximate surface area is 328 Å². The van der Waals surface area contributed by atoms with Crippen molar-refractivity contribution in [1.82, 2.24) is 20.7 Å². The molecule has 0 unspecified atom stereocenters. The van der Waals surface area contributed by atoms with Crippen molar-refractivity contribution >= 4 is 45.6 Å². The zero-order chi connectivity index (χ0) is 41.0. The standard InChI is InChI=1S/C38H70N4O12S/c1-2-33(43)39-25-19-17-21-32(38(49)50)41-36(46)31-54-29-28-53-27-26-40-34(44)22-18-20-30-55(51,52)42-35(45)23-15-13-11-9-7-5-3-4-6-8-10-12-14-16-24-37(47)48/h32H,2-31H2,1H3,(H,39,43)(H,40,44)(H,41,46)(H,42,45)(H,47,48)(H,49,50)/t32-/m0/s1. The molecule has 0 saturated heterocycles. The molecule has 0 bridgehead atoms. The molecule has 0 heterocycles. The highest BCUT2D eigenvalue weighted by Crippen LogP contribution is 2.14. The minimum absolute atomic E-state index is 0.0735. The molecule has 0 aromatic carbocycles. The quantitative estimate of drug-likeness (QED) is 0.0475. The molecule has 0 aliphatic heterocycles. The molecule has 0 saturated carbocycles. The SMILES string of the molecule is CCC(=O)NCCCC[C@H](NC(=O)COCCOCCNC(=O)CCCCS(=O)(=O)NC(=O)CCCCCCCCCCCCCCCCC(=O)O)C(=O)O. The number of hydrogen-bond donors (Lipinski definition) is 6. The van der Waals surface area contributed by atoms with Crippen molar-refractivity contribution in [1.29, 1.82) is 0 Å². The van der Waals surface area contributed by atoms with Gasteiger partial charge in [0.25, 0.3) is 0 Å². The van der Waals surface area contributed by atoms with Crippen LogP contribution in [-0.4, -0.2) is 106 Å². The van der Waals surface area contributed by atoms with Crippen LogP contribution in [0.4, 0.5) is 0 Å². The van der Waals surface area contributed by atoms with Gasteiger partial charge >= 0.3 is 11.9 Å². The van der Waals surface area contributed by atoms with Crippen LogP contribution in [0.1, 0.15) is 155 Å². The summed E-state index contributed by atoms with van der Waals surface area (Å²) < 4.78 is 37.2. The number of nitrogens with one attached hydrogen (secondary N) is 4. The lowest BCUT2D eigenvalue weighted by Crippen LogP contribution is -2.42. The Morgan fingerprint density at radius 3 is 1.62 bits per heavy atom. The van der Waals surface area contributed by atoms with Gasteiger partial charge < -0.3 is 35.6 Å². The molecule has 4 amide bonds. The number of carbonyl (C=O) groups is 6. The Morgan fingerprint density at radius 1 is 0.545 bits per heavy atom. The van der Waals surface area contributed by atoms with Crippen LogP contribution in [0.2, 0.25) is 0 Å². The van der Waals surface area contributed by atoms with Gasteiger partial charge in [-0.05, 0) is 44.9 Å². The topological polar surface area (TPSA) is 244 Å². The molecule has 55 heavy (non-hydrogen) atoms. The lowest BCUT2D eigenvalue weighted by Gasteiger charge is -2.14. The first kappa shape index (κ1) is 51.7. The number of aliphatic carboxylic acids is 2. The molecule has 0 radical (unpaired) electrons. The van der Waals surface area contributed by atoms with Crippen molar-refractivity contribution in [2.24, 2.45) is 0 Å². The first-order chi connectivity index (χ1) is 26.4. The van der Waals surface area contributed by atoms with E-state index in [1.165, 1.54) is 38.5 Å². The van der Waals surface area contributed by atoms with Gasteiger partial charge in [-0.1, -0.05) is 84.0 Å². The fourth-order valence-electron chi connectivity index (χ4n) is 5.59. The van der Waals surface area contributed by atoms with Crippen molar-refractivity contribution < 1.29 is 56.9 Å². The van der Waals surface area contributed by atoms with Crippen molar-refractivity contribution in [3.05, 3.63) is 0 Å². The molecule has 1 atom stereocenters. The molecule has 0 spiro atoms. The fraction of sp³-hybridized carbons (Fsp3) is 0.842. The average molecular weight is 807 g/mol. The van der Waals surface area contributed by atoms with Crippen LogP contribution < -0.4 is 20.7 Å². The molecule has 0 fully saturated rings. The maximum Gasteiger partial charge on any atom is 0.326 e. The second kappa shape index (κ2) is 35.1. The zero-order valence-corrected chi connectivity index (χ0v) is 34.0. The summed E-state index contributed by atoms with van der Waals surface area (Å²) in [6, 6.07) is -1.05. The van der Waals surface area contributed by atoms with Gasteiger partial charge in [-0.2, -0.15) is 0 Å². The van der Waals surface area contributed by atoms with E-state index in [9.17, 15) is 42.3 Å². The fourth-order valence-corrected chi connectivity index (χ4v) is 6.73. The van der Waals surface area contributed by atoms with Crippen molar-refractivity contribution in [2.75, 3.05) is 45.3 Å². The highest BCUT2D eigenvalue weighted by atomic mass is 32.2. The van der Waals surface area contributed by atoms with Crippen molar-refractivity contribution in [3.63, 3.8) is 0 Å². The minimum Gasteiger partial charge on any atom is -0.481 e. The highest BCUT2D eigenvalue weighted by Gasteiger charge is 2.19. The third kappa shape index (κ3) is 36.1. The van der Waals surface area contributed by atoms with E-state index in [1.807, 2.05) is 0 Å². The van der Waals surface area contributed by atoms with E-state index in [0.29, 0.717) is 38.6 Å². The van der Waals surface area contributed by atoms with Crippen LogP contribution in [0.25, 0.3) is 0 Å². The van der Waals surface area contributed by atoms with Gasteiger partial charge in [0, 0.05) is 38.8 Å². The van der Waals surface area contributed by atoms with E-state index in [-0.39, 0.29) is 82.6 Å². The number of sulfonamides is 1. The number of rotatable bonds is 39. The first-order valence-electron chi connectivity index (χ1n) is 20.3. The molecule has 16 nitrogen and oxygen atoms in total. The Hall–Kier alpha value is -3.31. The number of ether oxygens (including phenoxy) is 2. The van der Waals surface area contributed by atoms with Gasteiger partial charge in [0.1, 0.15) is 12.6 Å². The third-order valence-electron chi connectivity index (χ3n) is 8.75. The van der Waals surface area contributed by atoms with Gasteiger partial charge in [0.2, 0.25) is 33.7 Å². The largest absolute Gasteiger partial charge is 0.481 e. The van der Waals surface area contributed by atoms with E-state index in [0.717, 1.165) is 44.9 Å². The van der Waals surface area contributed by atoms with Gasteiger partial charge in [-0.15, -0.1) is 0 Å². The summed E-state index contributed by atoms with van der Waals surface area (Å²) in [4.78, 5) is 69.3. The van der Waals surface area contributed by atoms with Crippen LogP contribution in [-0.2, 0) is 48.3 Å². The highest BCUT2D eigenvalue weighted by molar-refractivity contribution is 7.90. The minimum atomic E-state index is -3.76. The van der Waals surface area contributed by atoms with Crippen molar-refractivity contribution in [2.45, 2.75) is 161 Å². The normalized spacial score (nSPS) is 11.8. The second-order valence-corrected chi connectivity index (χ2v) is 15.7. The molecular formula is C38H70N4O12S. The molecule has 320 valence electrons. The van der Waals surface area contributed by atoms with E-state index in [4.69, 9.17) is 14.6 Å². The van der Waals surface area contributed by atoms with E-state index < -0.39 is 39.8 Å². The summed E-state index contributed by atoms with van der Waals surface area (Å²) in [6.07, 6.45) is 17.8. The lowest BCUT2D eigenvalue weighted by molar-refractivity contribution is -0.143. The number of hydrogen-bond acceptors (Lipinski definition) is 10. The smallest absolute Gasteiger partial charge is 0.326 e. The molecule has 0 aromatic rings. The average Bonchev–Trinajstić information content (AvgIpc) is 3.13. The van der Waals surface area contributed by atoms with Gasteiger partial charge in [-0.25, -0.2) is 13.2 Å². The second-order valence-electron chi connectivity index (χ2n) is 13.8. The lowest BCUT2D eigenvalue weighted by atomic mass is 10.0. The first-order valence-corrected chi connectivity index (χ1v) is 22.0. The number of carboxylic acids is 2. The van der Waals surface area contributed by atoms with Crippen LogP contribution in [0.15, 0.2) is 0 Å². The Bertz CT molecular complexity index is 1190. The number of carbonyl (C=O) groups excluding carboxylic acids is 4. The molecule has 0 aromatic heterocycles. The summed E-state index contributed by atoms with van der Waals surface area (Å²) in [5.74, 6) is -3.50. The molecular weight excluding hydrogens is 737 g/mol. The maximum atomic E-state index is 12.2. The maximum absolute atomic E-state index is 12.2. The predicted octanol–water partition coefficient (Wildman–Crippen LogP) is 4.34. The number of unbranched alkanes of at least 4 members (excludes halogenated alkanes) is 15. The summed E-state index contributed by atoms with van der Waals surface area (Å²) in [5.41, 5.74) is 0. The summed E-state index contributed by atoms with van der Waals surface area (Å²) >= 11 is 0. The summed E-state index contributed by atoms with van der Waals surface area (Å²) in [7, 11) is -3.76. The monoisotopic (exact) mass is 806 g/mol. The zero-order valence-electron chi connectivity index (χ0n) is 33.2. The van der Waals surface area contributed by atoms with Crippen LogP contribution in [0.5, 0.6) is 0 Å². The Morgan fingerprint density at radius 2 is 1.05 bits per heavy atom. The Balaban J connectivity index is 3.71. The van der Waals surface area contributed by atoms with E-state index in [1.54, 1.807) is 6.92 Å². The molecule has 17 heteroatoms. The molecule has 0 aliphatic rings. The number of amides is 4. The van der Waals surface area contributed by atoms with Gasteiger partial charge in [-0.3, -0.25) is 28.7 Å².